The van der Waals surface area contributed by atoms with Gasteiger partial charge >= 0.3 is 6.03 Å². The Kier molecular flexibility index (Phi) is 2.25. The molecule has 0 spiro atoms. The van der Waals surface area contributed by atoms with Crippen LogP contribution in [0, 0.1) is 0 Å². The Morgan fingerprint density at radius 3 is 2.81 bits per heavy atom. The van der Waals surface area contributed by atoms with Crippen molar-refractivity contribution in [2.75, 3.05) is 7.05 Å². The highest BCUT2D eigenvalue weighted by molar-refractivity contribution is 9.10. The van der Waals surface area contributed by atoms with Crippen LogP contribution in [-0.4, -0.2) is 56.2 Å². The maximum atomic E-state index is 12.2. The third-order valence-electron chi connectivity index (χ3n) is 4.82. The maximum Gasteiger partial charge on any atom is 0.321 e. The summed E-state index contributed by atoms with van der Waals surface area (Å²) in [7, 11) is 1.41. The maximum absolute atomic E-state index is 12.2. The molecule has 1 saturated heterocycles. The van der Waals surface area contributed by atoms with Crippen molar-refractivity contribution in [1.29, 1.82) is 0 Å². The number of halogens is 1. The Morgan fingerprint density at radius 1 is 1.38 bits per heavy atom. The zero-order valence-corrected chi connectivity index (χ0v) is 12.6. The van der Waals surface area contributed by atoms with Gasteiger partial charge in [0.05, 0.1) is 10.6 Å². The van der Waals surface area contributed by atoms with Gasteiger partial charge in [-0.05, 0) is 28.1 Å². The number of aromatic nitrogens is 1. The quantitative estimate of drug-likeness (QED) is 0.495. The summed E-state index contributed by atoms with van der Waals surface area (Å²) in [4.78, 5) is 25.0. The van der Waals surface area contributed by atoms with Crippen molar-refractivity contribution in [3.05, 3.63) is 22.4 Å². The molecule has 4 N–H and O–H groups in total. The van der Waals surface area contributed by atoms with E-state index in [0.717, 1.165) is 4.90 Å². The zero-order chi connectivity index (χ0) is 15.2. The van der Waals surface area contributed by atoms with Crippen LogP contribution in [0.4, 0.5) is 4.79 Å². The van der Waals surface area contributed by atoms with E-state index in [4.69, 9.17) is 0 Å². The molecular weight excluding hydrogens is 344 g/mol. The van der Waals surface area contributed by atoms with Crippen LogP contribution in [0.1, 0.15) is 23.0 Å². The summed E-state index contributed by atoms with van der Waals surface area (Å²) >= 11 is 3.38. The van der Waals surface area contributed by atoms with Gasteiger partial charge in [0.1, 0.15) is 11.7 Å². The summed E-state index contributed by atoms with van der Waals surface area (Å²) in [5.74, 6) is -0.358. The number of fused-ring (bicyclic) bond motifs is 5. The molecule has 4 atom stereocenters. The van der Waals surface area contributed by atoms with Gasteiger partial charge in [0.15, 0.2) is 5.72 Å². The summed E-state index contributed by atoms with van der Waals surface area (Å²) in [5, 5.41) is 26.7. The molecule has 0 radical (unpaired) electrons. The molecule has 1 saturated carbocycles. The molecule has 9 heteroatoms. The van der Waals surface area contributed by atoms with Gasteiger partial charge in [0, 0.05) is 13.5 Å². The minimum atomic E-state index is -1.93. The van der Waals surface area contributed by atoms with E-state index in [0.29, 0.717) is 10.3 Å². The average molecular weight is 357 g/mol. The molecule has 3 amide bonds. The lowest BCUT2D eigenvalue weighted by atomic mass is 10.0. The number of nitrogens with one attached hydrogen (secondary N) is 2. The van der Waals surface area contributed by atoms with Crippen LogP contribution in [0.3, 0.4) is 0 Å². The van der Waals surface area contributed by atoms with Gasteiger partial charge in [-0.3, -0.25) is 9.69 Å². The molecule has 1 aliphatic carbocycles. The van der Waals surface area contributed by atoms with Gasteiger partial charge < -0.3 is 25.4 Å². The highest BCUT2D eigenvalue weighted by Gasteiger charge is 2.73. The molecular formula is C12H13BrN4O4. The topological polar surface area (TPSA) is 107 Å². The SMILES string of the molecule is CN1C(=O)N[C@]2(O)[C@@H]3NC(=O)c4ccc(Br)n4[C@@H]3C[C@]12O. The van der Waals surface area contributed by atoms with Gasteiger partial charge in [0.25, 0.3) is 5.91 Å². The molecule has 8 nitrogen and oxygen atoms in total. The Bertz CT molecular complexity index is 691. The van der Waals surface area contributed by atoms with Crippen LogP contribution in [0.15, 0.2) is 16.7 Å². The van der Waals surface area contributed by atoms with Crippen molar-refractivity contribution in [1.82, 2.24) is 20.1 Å². The second-order valence-electron chi connectivity index (χ2n) is 5.71. The van der Waals surface area contributed by atoms with Gasteiger partial charge in [-0.15, -0.1) is 0 Å². The molecule has 0 bridgehead atoms. The number of urea groups is 1. The largest absolute Gasteiger partial charge is 0.366 e. The van der Waals surface area contributed by atoms with Crippen molar-refractivity contribution in [3.8, 4) is 0 Å². The summed E-state index contributed by atoms with van der Waals surface area (Å²) < 4.78 is 2.42. The lowest BCUT2D eigenvalue weighted by Crippen LogP contribution is -2.67. The number of likely N-dealkylation sites (N-methyl/N-ethyl adjacent to an activating group) is 1. The first-order valence-corrected chi connectivity index (χ1v) is 7.27. The van der Waals surface area contributed by atoms with E-state index in [1.807, 2.05) is 0 Å². The molecule has 1 aromatic heterocycles. The number of hydrogen-bond donors (Lipinski definition) is 4. The van der Waals surface area contributed by atoms with Gasteiger partial charge in [0.2, 0.25) is 5.72 Å². The number of aliphatic hydroxyl groups is 2. The van der Waals surface area contributed by atoms with Crippen LogP contribution in [0.2, 0.25) is 0 Å². The minimum Gasteiger partial charge on any atom is -0.366 e. The van der Waals surface area contributed by atoms with Crippen molar-refractivity contribution in [2.45, 2.75) is 30.0 Å². The number of hydrogen-bond acceptors (Lipinski definition) is 4. The number of rotatable bonds is 0. The van der Waals surface area contributed by atoms with E-state index in [1.165, 1.54) is 7.05 Å². The molecule has 2 fully saturated rings. The molecule has 1 aromatic rings. The predicted molar refractivity (Wildman–Crippen MR) is 73.2 cm³/mol. The summed E-state index contributed by atoms with van der Waals surface area (Å²) in [6.07, 6.45) is 0.101. The summed E-state index contributed by atoms with van der Waals surface area (Å²) in [6, 6.07) is 1.63. The van der Waals surface area contributed by atoms with Crippen molar-refractivity contribution < 1.29 is 19.8 Å². The monoisotopic (exact) mass is 356 g/mol. The standard InChI is InChI=1S/C12H13BrN4O4/c1-16-10(19)15-12(21)8-6(4-11(12,16)20)17-5(9(18)14-8)2-3-7(17)13/h2-3,6,8,20-21H,4H2,1H3,(H,14,18)(H,15,19)/t6-,8-,11-,12+/m1/s1. The highest BCUT2D eigenvalue weighted by Crippen LogP contribution is 2.51. The first-order valence-electron chi connectivity index (χ1n) is 6.48. The fourth-order valence-electron chi connectivity index (χ4n) is 3.68. The second kappa shape index (κ2) is 3.60. The van der Waals surface area contributed by atoms with Crippen LogP contribution >= 0.6 is 15.9 Å². The first kappa shape index (κ1) is 13.1. The van der Waals surface area contributed by atoms with Crippen LogP contribution in [0.25, 0.3) is 0 Å². The van der Waals surface area contributed by atoms with Crippen molar-refractivity contribution in [2.24, 2.45) is 0 Å². The molecule has 0 aromatic carbocycles. The van der Waals surface area contributed by atoms with E-state index < -0.39 is 23.5 Å². The third kappa shape index (κ3) is 1.27. The molecule has 3 aliphatic rings. The van der Waals surface area contributed by atoms with Crippen molar-refractivity contribution >= 4 is 27.9 Å². The van der Waals surface area contributed by atoms with E-state index in [-0.39, 0.29) is 18.4 Å². The van der Waals surface area contributed by atoms with Crippen LogP contribution in [0.5, 0.6) is 0 Å². The Morgan fingerprint density at radius 2 is 2.10 bits per heavy atom. The highest BCUT2D eigenvalue weighted by atomic mass is 79.9. The fraction of sp³-hybridized carbons (Fsp3) is 0.500. The molecule has 112 valence electrons. The smallest absolute Gasteiger partial charge is 0.321 e. The number of carbonyl (C=O) groups is 2. The lowest BCUT2D eigenvalue weighted by Gasteiger charge is -2.37. The van der Waals surface area contributed by atoms with Crippen molar-refractivity contribution in [3.63, 3.8) is 0 Å². The first-order chi connectivity index (χ1) is 9.79. The predicted octanol–water partition coefficient (Wildman–Crippen LogP) is -0.660. The Hall–Kier alpha value is -1.58. The van der Waals surface area contributed by atoms with E-state index >= 15 is 0 Å². The molecule has 4 rings (SSSR count). The van der Waals surface area contributed by atoms with E-state index in [1.54, 1.807) is 16.7 Å². The fourth-order valence-corrected chi connectivity index (χ4v) is 4.27. The molecule has 2 aliphatic heterocycles. The minimum absolute atomic E-state index is 0.101. The van der Waals surface area contributed by atoms with Crippen LogP contribution in [-0.2, 0) is 0 Å². The summed E-state index contributed by atoms with van der Waals surface area (Å²) in [5.41, 5.74) is -3.26. The van der Waals surface area contributed by atoms with E-state index in [9.17, 15) is 19.8 Å². The van der Waals surface area contributed by atoms with Gasteiger partial charge in [-0.2, -0.15) is 0 Å². The average Bonchev–Trinajstić information content (AvgIpc) is 2.95. The normalized spacial score (nSPS) is 40.5. The Labute approximate surface area is 127 Å². The number of amides is 3. The van der Waals surface area contributed by atoms with Gasteiger partial charge in [-0.25, -0.2) is 4.79 Å². The second-order valence-corrected chi connectivity index (χ2v) is 6.52. The molecule has 0 unspecified atom stereocenters. The lowest BCUT2D eigenvalue weighted by molar-refractivity contribution is -0.178. The van der Waals surface area contributed by atoms with Gasteiger partial charge in [-0.1, -0.05) is 0 Å². The van der Waals surface area contributed by atoms with E-state index in [2.05, 4.69) is 26.6 Å². The molecule has 3 heterocycles. The third-order valence-corrected chi connectivity index (χ3v) is 5.46. The number of carbonyl (C=O) groups excluding carboxylic acids is 2. The zero-order valence-electron chi connectivity index (χ0n) is 11.0. The Balaban J connectivity index is 1.89. The summed E-state index contributed by atoms with van der Waals surface area (Å²) in [6.45, 7) is 0. The van der Waals surface area contributed by atoms with Crippen LogP contribution < -0.4 is 10.6 Å². The number of nitrogens with zero attached hydrogens (tertiary/aromatic N) is 2. The molecule has 21 heavy (non-hydrogen) atoms.